The highest BCUT2D eigenvalue weighted by atomic mass is 35.5. The Kier molecular flexibility index (Phi) is 30.4. The first-order valence-corrected chi connectivity index (χ1v) is 12.2. The van der Waals surface area contributed by atoms with Gasteiger partial charge in [-0.05, 0) is 12.8 Å². The van der Waals surface area contributed by atoms with Crippen LogP contribution in [0.4, 0.5) is 0 Å². The van der Waals surface area contributed by atoms with E-state index in [1.165, 1.54) is 12.8 Å². The quantitative estimate of drug-likeness (QED) is 0.0910. The SMILES string of the molecule is C=CCOCCOCCOCCOCCOCCOCCOCCOCCCCCCCl. The lowest BCUT2D eigenvalue weighted by Crippen LogP contribution is -2.15. The third-order valence-corrected chi connectivity index (χ3v) is 4.28. The summed E-state index contributed by atoms with van der Waals surface area (Å²) in [5, 5.41) is 0. The monoisotopic (exact) mass is 484 g/mol. The summed E-state index contributed by atoms with van der Waals surface area (Å²) >= 11 is 5.63. The van der Waals surface area contributed by atoms with E-state index in [-0.39, 0.29) is 0 Å². The van der Waals surface area contributed by atoms with Crippen LogP contribution < -0.4 is 0 Å². The molecule has 32 heavy (non-hydrogen) atoms. The van der Waals surface area contributed by atoms with Crippen molar-refractivity contribution in [2.75, 3.05) is 112 Å². The van der Waals surface area contributed by atoms with Crippen LogP contribution >= 0.6 is 11.6 Å². The van der Waals surface area contributed by atoms with Gasteiger partial charge in [0.15, 0.2) is 0 Å². The lowest BCUT2D eigenvalue weighted by molar-refractivity contribution is -0.0226. The molecule has 0 aromatic rings. The van der Waals surface area contributed by atoms with Gasteiger partial charge >= 0.3 is 0 Å². The van der Waals surface area contributed by atoms with Crippen LogP contribution in [0.1, 0.15) is 25.7 Å². The first kappa shape index (κ1) is 31.7. The second kappa shape index (κ2) is 30.7. The summed E-state index contributed by atoms with van der Waals surface area (Å²) in [6, 6.07) is 0. The fourth-order valence-electron chi connectivity index (χ4n) is 2.36. The van der Waals surface area contributed by atoms with Crippen molar-refractivity contribution in [3.8, 4) is 0 Å². The van der Waals surface area contributed by atoms with Gasteiger partial charge in [0.25, 0.3) is 0 Å². The maximum atomic E-state index is 5.63. The topological polar surface area (TPSA) is 73.8 Å². The lowest BCUT2D eigenvalue weighted by atomic mass is 10.2. The standard InChI is InChI=1S/C23H45ClO8/c1-2-8-25-10-12-27-14-16-29-18-20-31-22-23-32-21-19-30-17-15-28-13-11-26-9-6-4-3-5-7-24/h2H,1,3-23H2. The summed E-state index contributed by atoms with van der Waals surface area (Å²) in [7, 11) is 0. The zero-order valence-corrected chi connectivity index (χ0v) is 20.5. The number of halogens is 1. The Bertz CT molecular complexity index is 350. The highest BCUT2D eigenvalue weighted by molar-refractivity contribution is 6.17. The van der Waals surface area contributed by atoms with Gasteiger partial charge in [0.05, 0.1) is 99.1 Å². The van der Waals surface area contributed by atoms with E-state index in [9.17, 15) is 0 Å². The second-order valence-electron chi connectivity index (χ2n) is 6.75. The molecule has 0 aromatic carbocycles. The summed E-state index contributed by atoms with van der Waals surface area (Å²) in [6.45, 7) is 12.7. The van der Waals surface area contributed by atoms with E-state index in [1.54, 1.807) is 6.08 Å². The Morgan fingerprint density at radius 3 is 1.06 bits per heavy atom. The third-order valence-electron chi connectivity index (χ3n) is 4.01. The molecule has 0 aromatic heterocycles. The maximum absolute atomic E-state index is 5.63. The molecule has 8 nitrogen and oxygen atoms in total. The second-order valence-corrected chi connectivity index (χ2v) is 7.13. The molecule has 0 aliphatic rings. The normalized spacial score (nSPS) is 11.3. The minimum atomic E-state index is 0.538. The van der Waals surface area contributed by atoms with Crippen LogP contribution in [0.3, 0.4) is 0 Å². The van der Waals surface area contributed by atoms with Crippen molar-refractivity contribution in [2.45, 2.75) is 25.7 Å². The third kappa shape index (κ3) is 29.7. The number of hydrogen-bond acceptors (Lipinski definition) is 8. The van der Waals surface area contributed by atoms with Crippen LogP contribution in [0.2, 0.25) is 0 Å². The molecule has 0 N–H and O–H groups in total. The Morgan fingerprint density at radius 1 is 0.406 bits per heavy atom. The molecule has 0 saturated heterocycles. The highest BCUT2D eigenvalue weighted by Crippen LogP contribution is 2.01. The van der Waals surface area contributed by atoms with Gasteiger partial charge in [0.1, 0.15) is 0 Å². The largest absolute Gasteiger partial charge is 0.379 e. The van der Waals surface area contributed by atoms with Crippen molar-refractivity contribution < 1.29 is 37.9 Å². The van der Waals surface area contributed by atoms with Crippen LogP contribution in [0.5, 0.6) is 0 Å². The molecule has 0 atom stereocenters. The molecule has 0 unspecified atom stereocenters. The molecule has 192 valence electrons. The minimum absolute atomic E-state index is 0.538. The molecule has 9 heteroatoms. The molecular formula is C23H45ClO8. The van der Waals surface area contributed by atoms with Gasteiger partial charge in [-0.25, -0.2) is 0 Å². The first-order valence-electron chi connectivity index (χ1n) is 11.7. The summed E-state index contributed by atoms with van der Waals surface area (Å²) < 4.78 is 43.2. The lowest BCUT2D eigenvalue weighted by Gasteiger charge is -2.08. The van der Waals surface area contributed by atoms with Crippen molar-refractivity contribution in [3.63, 3.8) is 0 Å². The predicted octanol–water partition coefficient (Wildman–Crippen LogP) is 3.10. The minimum Gasteiger partial charge on any atom is -0.379 e. The molecule has 0 aliphatic heterocycles. The van der Waals surface area contributed by atoms with E-state index in [4.69, 9.17) is 49.5 Å². The fourth-order valence-corrected chi connectivity index (χ4v) is 2.55. The molecule has 0 radical (unpaired) electrons. The molecule has 0 aliphatic carbocycles. The van der Waals surface area contributed by atoms with E-state index in [0.717, 1.165) is 25.3 Å². The summed E-state index contributed by atoms with van der Waals surface area (Å²) in [6.07, 6.45) is 6.24. The first-order chi connectivity index (χ1) is 15.9. The average Bonchev–Trinajstić information content (AvgIpc) is 2.81. The number of unbranched alkanes of at least 4 members (excludes halogenated alkanes) is 3. The van der Waals surface area contributed by atoms with Crippen LogP contribution in [0.15, 0.2) is 12.7 Å². The van der Waals surface area contributed by atoms with Crippen LogP contribution in [0.25, 0.3) is 0 Å². The van der Waals surface area contributed by atoms with E-state index < -0.39 is 0 Å². The molecule has 0 saturated carbocycles. The van der Waals surface area contributed by atoms with Gasteiger partial charge < -0.3 is 37.9 Å². The van der Waals surface area contributed by atoms with Crippen LogP contribution in [-0.2, 0) is 37.9 Å². The smallest absolute Gasteiger partial charge is 0.0704 e. The van der Waals surface area contributed by atoms with Crippen LogP contribution in [0, 0.1) is 0 Å². The molecule has 0 amide bonds. The fraction of sp³-hybridized carbons (Fsp3) is 0.913. The Labute approximate surface area is 199 Å². The Morgan fingerprint density at radius 2 is 0.719 bits per heavy atom. The molecule has 0 heterocycles. The van der Waals surface area contributed by atoms with Gasteiger partial charge in [0, 0.05) is 12.5 Å². The zero-order valence-electron chi connectivity index (χ0n) is 19.8. The van der Waals surface area contributed by atoms with Gasteiger partial charge in [0.2, 0.25) is 0 Å². The summed E-state index contributed by atoms with van der Waals surface area (Å²) in [4.78, 5) is 0. The molecule has 0 bridgehead atoms. The molecular weight excluding hydrogens is 440 g/mol. The number of alkyl halides is 1. The Balaban J connectivity index is 2.99. The predicted molar refractivity (Wildman–Crippen MR) is 126 cm³/mol. The van der Waals surface area contributed by atoms with E-state index in [0.29, 0.717) is 99.1 Å². The average molecular weight is 485 g/mol. The van der Waals surface area contributed by atoms with Crippen LogP contribution in [-0.4, -0.2) is 112 Å². The van der Waals surface area contributed by atoms with Crippen molar-refractivity contribution in [3.05, 3.63) is 12.7 Å². The van der Waals surface area contributed by atoms with Crippen molar-refractivity contribution in [1.29, 1.82) is 0 Å². The highest BCUT2D eigenvalue weighted by Gasteiger charge is 1.95. The number of ether oxygens (including phenoxy) is 8. The Hall–Kier alpha value is -0.290. The van der Waals surface area contributed by atoms with Crippen molar-refractivity contribution in [2.24, 2.45) is 0 Å². The van der Waals surface area contributed by atoms with E-state index >= 15 is 0 Å². The number of hydrogen-bond donors (Lipinski definition) is 0. The van der Waals surface area contributed by atoms with Gasteiger partial charge in [-0.15, -0.1) is 18.2 Å². The van der Waals surface area contributed by atoms with Crippen molar-refractivity contribution in [1.82, 2.24) is 0 Å². The van der Waals surface area contributed by atoms with E-state index in [1.807, 2.05) is 0 Å². The van der Waals surface area contributed by atoms with Gasteiger partial charge in [-0.1, -0.05) is 18.9 Å². The molecule has 0 rings (SSSR count). The zero-order chi connectivity index (χ0) is 23.2. The van der Waals surface area contributed by atoms with Gasteiger partial charge in [-0.3, -0.25) is 0 Å². The van der Waals surface area contributed by atoms with E-state index in [2.05, 4.69) is 6.58 Å². The summed E-state index contributed by atoms with van der Waals surface area (Å²) in [5.41, 5.74) is 0. The van der Waals surface area contributed by atoms with Crippen molar-refractivity contribution >= 4 is 11.6 Å². The van der Waals surface area contributed by atoms with Gasteiger partial charge in [-0.2, -0.15) is 0 Å². The summed E-state index contributed by atoms with van der Waals surface area (Å²) in [5.74, 6) is 0.749. The number of rotatable bonds is 29. The molecule has 0 spiro atoms. The maximum Gasteiger partial charge on any atom is 0.0704 e. The molecule has 0 fully saturated rings.